The van der Waals surface area contributed by atoms with Gasteiger partial charge in [0.2, 0.25) is 0 Å². The van der Waals surface area contributed by atoms with E-state index >= 15 is 0 Å². The Bertz CT molecular complexity index is 504. The Morgan fingerprint density at radius 1 is 1.38 bits per heavy atom. The van der Waals surface area contributed by atoms with Gasteiger partial charge in [-0.2, -0.15) is 5.10 Å². The third-order valence-electron chi connectivity index (χ3n) is 2.07. The Labute approximate surface area is 91.7 Å². The highest BCUT2D eigenvalue weighted by Gasteiger charge is 2.07. The highest BCUT2D eigenvalue weighted by molar-refractivity contribution is 6.03. The maximum absolute atomic E-state index is 12.6. The second-order valence-electron chi connectivity index (χ2n) is 3.36. The summed E-state index contributed by atoms with van der Waals surface area (Å²) >= 11 is 0. The minimum Gasteiger partial charge on any atom is -0.322 e. The summed E-state index contributed by atoms with van der Waals surface area (Å²) < 4.78 is 14.2. The standard InChI is InChI=1S/C11H10FN3O/c1-15-7-8(6-13-15)11(16)14-10-4-2-9(12)3-5-10/h2-7H,1H3,(H,14,16). The molecule has 5 heteroatoms. The summed E-state index contributed by atoms with van der Waals surface area (Å²) in [4.78, 5) is 11.7. The number of amides is 1. The lowest BCUT2D eigenvalue weighted by Crippen LogP contribution is -2.10. The molecular formula is C11H10FN3O. The van der Waals surface area contributed by atoms with Crippen LogP contribution in [0.4, 0.5) is 10.1 Å². The number of carbonyl (C=O) groups is 1. The molecule has 0 bridgehead atoms. The Morgan fingerprint density at radius 3 is 2.62 bits per heavy atom. The number of nitrogens with zero attached hydrogens (tertiary/aromatic N) is 2. The van der Waals surface area contributed by atoms with E-state index in [9.17, 15) is 9.18 Å². The minimum atomic E-state index is -0.334. The molecule has 1 amide bonds. The van der Waals surface area contributed by atoms with Crippen molar-refractivity contribution in [3.05, 3.63) is 48.0 Å². The van der Waals surface area contributed by atoms with Crippen LogP contribution in [0, 0.1) is 5.82 Å². The lowest BCUT2D eigenvalue weighted by molar-refractivity contribution is 0.102. The van der Waals surface area contributed by atoms with Gasteiger partial charge < -0.3 is 5.32 Å². The van der Waals surface area contributed by atoms with E-state index < -0.39 is 0 Å². The van der Waals surface area contributed by atoms with E-state index in [0.29, 0.717) is 11.3 Å². The van der Waals surface area contributed by atoms with Crippen LogP contribution in [-0.2, 0) is 7.05 Å². The van der Waals surface area contributed by atoms with Gasteiger partial charge in [-0.25, -0.2) is 4.39 Å². The van der Waals surface area contributed by atoms with Crippen LogP contribution < -0.4 is 5.32 Å². The fraction of sp³-hybridized carbons (Fsp3) is 0.0909. The number of anilines is 1. The number of rotatable bonds is 2. The monoisotopic (exact) mass is 219 g/mol. The SMILES string of the molecule is Cn1cc(C(=O)Nc2ccc(F)cc2)cn1. The van der Waals surface area contributed by atoms with Crippen molar-refractivity contribution in [3.63, 3.8) is 0 Å². The topological polar surface area (TPSA) is 46.9 Å². The molecule has 1 aromatic heterocycles. The molecule has 82 valence electrons. The van der Waals surface area contributed by atoms with Crippen LogP contribution in [0.1, 0.15) is 10.4 Å². The van der Waals surface area contributed by atoms with Crippen molar-refractivity contribution in [1.82, 2.24) is 9.78 Å². The molecule has 16 heavy (non-hydrogen) atoms. The number of halogens is 1. The lowest BCUT2D eigenvalue weighted by Gasteiger charge is -2.02. The molecule has 1 heterocycles. The zero-order chi connectivity index (χ0) is 11.5. The van der Waals surface area contributed by atoms with Crippen LogP contribution in [-0.4, -0.2) is 15.7 Å². The Hall–Kier alpha value is -2.17. The minimum absolute atomic E-state index is 0.264. The molecule has 0 radical (unpaired) electrons. The molecule has 0 saturated heterocycles. The Morgan fingerprint density at radius 2 is 2.06 bits per heavy atom. The van der Waals surface area contributed by atoms with Crippen molar-refractivity contribution >= 4 is 11.6 Å². The third kappa shape index (κ3) is 2.25. The van der Waals surface area contributed by atoms with Gasteiger partial charge in [-0.3, -0.25) is 9.48 Å². The largest absolute Gasteiger partial charge is 0.322 e. The first-order valence-electron chi connectivity index (χ1n) is 4.71. The van der Waals surface area contributed by atoms with Gasteiger partial charge in [0.05, 0.1) is 11.8 Å². The number of hydrogen-bond donors (Lipinski definition) is 1. The molecule has 0 aliphatic heterocycles. The van der Waals surface area contributed by atoms with E-state index in [2.05, 4.69) is 10.4 Å². The zero-order valence-electron chi connectivity index (χ0n) is 8.64. The van der Waals surface area contributed by atoms with Gasteiger partial charge in [0.25, 0.3) is 5.91 Å². The molecule has 2 rings (SSSR count). The maximum atomic E-state index is 12.6. The predicted octanol–water partition coefficient (Wildman–Crippen LogP) is 1.81. The average molecular weight is 219 g/mol. The molecule has 0 fully saturated rings. The summed E-state index contributed by atoms with van der Waals surface area (Å²) in [5.41, 5.74) is 1.02. The van der Waals surface area contributed by atoms with Gasteiger partial charge >= 0.3 is 0 Å². The second-order valence-corrected chi connectivity index (χ2v) is 3.36. The molecule has 4 nitrogen and oxygen atoms in total. The van der Waals surface area contributed by atoms with Crippen molar-refractivity contribution in [2.45, 2.75) is 0 Å². The first kappa shape index (κ1) is 10.4. The average Bonchev–Trinajstić information content (AvgIpc) is 2.68. The second kappa shape index (κ2) is 4.14. The molecule has 1 N–H and O–H groups in total. The zero-order valence-corrected chi connectivity index (χ0v) is 8.64. The number of hydrogen-bond acceptors (Lipinski definition) is 2. The van der Waals surface area contributed by atoms with Gasteiger partial charge in [-0.05, 0) is 24.3 Å². The molecule has 0 aliphatic carbocycles. The van der Waals surface area contributed by atoms with Crippen molar-refractivity contribution < 1.29 is 9.18 Å². The summed E-state index contributed by atoms with van der Waals surface area (Å²) in [6.45, 7) is 0. The van der Waals surface area contributed by atoms with E-state index in [0.717, 1.165) is 0 Å². The number of carbonyl (C=O) groups excluding carboxylic acids is 1. The normalized spacial score (nSPS) is 10.1. The van der Waals surface area contributed by atoms with Crippen LogP contribution >= 0.6 is 0 Å². The molecule has 0 aliphatic rings. The highest BCUT2D eigenvalue weighted by atomic mass is 19.1. The molecule has 0 unspecified atom stereocenters. The number of benzene rings is 1. The molecule has 0 spiro atoms. The highest BCUT2D eigenvalue weighted by Crippen LogP contribution is 2.09. The molecule has 1 aromatic carbocycles. The van der Waals surface area contributed by atoms with E-state index in [1.54, 1.807) is 17.9 Å². The first-order valence-corrected chi connectivity index (χ1v) is 4.71. The molecule has 0 saturated carbocycles. The molecular weight excluding hydrogens is 209 g/mol. The van der Waals surface area contributed by atoms with E-state index in [-0.39, 0.29) is 11.7 Å². The maximum Gasteiger partial charge on any atom is 0.258 e. The van der Waals surface area contributed by atoms with Crippen molar-refractivity contribution in [2.24, 2.45) is 7.05 Å². The summed E-state index contributed by atoms with van der Waals surface area (Å²) in [6, 6.07) is 5.59. The van der Waals surface area contributed by atoms with Crippen LogP contribution in [0.5, 0.6) is 0 Å². The summed E-state index contributed by atoms with van der Waals surface area (Å²) in [6.07, 6.45) is 3.08. The van der Waals surface area contributed by atoms with Crippen LogP contribution in [0.15, 0.2) is 36.7 Å². The molecule has 2 aromatic rings. The van der Waals surface area contributed by atoms with Crippen LogP contribution in [0.3, 0.4) is 0 Å². The quantitative estimate of drug-likeness (QED) is 0.837. The first-order chi connectivity index (χ1) is 7.65. The van der Waals surface area contributed by atoms with Gasteiger partial charge in [0.15, 0.2) is 0 Å². The van der Waals surface area contributed by atoms with Gasteiger partial charge in [-0.15, -0.1) is 0 Å². The van der Waals surface area contributed by atoms with Crippen LogP contribution in [0.25, 0.3) is 0 Å². The third-order valence-corrected chi connectivity index (χ3v) is 2.07. The lowest BCUT2D eigenvalue weighted by atomic mass is 10.3. The Balaban J connectivity index is 2.10. The van der Waals surface area contributed by atoms with E-state index in [4.69, 9.17) is 0 Å². The van der Waals surface area contributed by atoms with Crippen molar-refractivity contribution in [3.8, 4) is 0 Å². The summed E-state index contributed by atoms with van der Waals surface area (Å²) in [5.74, 6) is -0.598. The fourth-order valence-electron chi connectivity index (χ4n) is 1.27. The number of aryl methyl sites for hydroxylation is 1. The van der Waals surface area contributed by atoms with Gasteiger partial charge in [0, 0.05) is 18.9 Å². The van der Waals surface area contributed by atoms with Crippen LogP contribution in [0.2, 0.25) is 0 Å². The smallest absolute Gasteiger partial charge is 0.258 e. The number of aromatic nitrogens is 2. The van der Waals surface area contributed by atoms with E-state index in [1.807, 2.05) is 0 Å². The predicted molar refractivity (Wildman–Crippen MR) is 57.6 cm³/mol. The Kier molecular flexibility index (Phi) is 2.68. The summed E-state index contributed by atoms with van der Waals surface area (Å²) in [5, 5.41) is 6.53. The fourth-order valence-corrected chi connectivity index (χ4v) is 1.27. The van der Waals surface area contributed by atoms with E-state index in [1.165, 1.54) is 30.5 Å². The van der Waals surface area contributed by atoms with Gasteiger partial charge in [0.1, 0.15) is 5.82 Å². The van der Waals surface area contributed by atoms with Crippen molar-refractivity contribution in [1.29, 1.82) is 0 Å². The van der Waals surface area contributed by atoms with Gasteiger partial charge in [-0.1, -0.05) is 0 Å². The number of nitrogens with one attached hydrogen (secondary N) is 1. The summed E-state index contributed by atoms with van der Waals surface area (Å²) in [7, 11) is 1.73. The van der Waals surface area contributed by atoms with Crippen molar-refractivity contribution in [2.75, 3.05) is 5.32 Å². The molecule has 0 atom stereocenters.